The molecule has 2 rings (SSSR count). The second-order valence-corrected chi connectivity index (χ2v) is 6.73. The molecule has 5 nitrogen and oxygen atoms in total. The van der Waals surface area contributed by atoms with E-state index in [1.54, 1.807) is 22.4 Å². The predicted molar refractivity (Wildman–Crippen MR) is 83.0 cm³/mol. The molecule has 1 N–H and O–H groups in total. The molecule has 116 valence electrons. The van der Waals surface area contributed by atoms with Crippen LogP contribution in [0.15, 0.2) is 11.6 Å². The Balaban J connectivity index is 2.13. The maximum Gasteiger partial charge on any atom is 0.245 e. The average molecular weight is 309 g/mol. The zero-order valence-corrected chi connectivity index (χ0v) is 13.7. The SMILES string of the molecule is CCCC1NC(=O)C(C(C)C)N(CCc2nccs2)C1=O. The van der Waals surface area contributed by atoms with Gasteiger partial charge in [0.15, 0.2) is 0 Å². The first-order chi connectivity index (χ1) is 10.0. The predicted octanol–water partition coefficient (Wildman–Crippen LogP) is 1.84. The summed E-state index contributed by atoms with van der Waals surface area (Å²) in [5, 5.41) is 5.81. The van der Waals surface area contributed by atoms with E-state index in [2.05, 4.69) is 10.3 Å². The number of nitrogens with one attached hydrogen (secondary N) is 1. The molecule has 0 aliphatic carbocycles. The quantitative estimate of drug-likeness (QED) is 0.872. The number of hydrogen-bond donors (Lipinski definition) is 1. The van der Waals surface area contributed by atoms with Crippen molar-refractivity contribution in [2.24, 2.45) is 5.92 Å². The number of aromatic nitrogens is 1. The first-order valence-electron chi connectivity index (χ1n) is 7.53. The molecule has 21 heavy (non-hydrogen) atoms. The molecule has 6 heteroatoms. The zero-order valence-electron chi connectivity index (χ0n) is 12.8. The van der Waals surface area contributed by atoms with Crippen molar-refractivity contribution < 1.29 is 9.59 Å². The van der Waals surface area contributed by atoms with Gasteiger partial charge in [0.25, 0.3) is 0 Å². The molecule has 0 radical (unpaired) electrons. The first kappa shape index (κ1) is 15.9. The normalized spacial score (nSPS) is 22.8. The van der Waals surface area contributed by atoms with E-state index in [4.69, 9.17) is 0 Å². The summed E-state index contributed by atoms with van der Waals surface area (Å²) in [5.74, 6) is 0.127. The molecule has 1 fully saturated rings. The lowest BCUT2D eigenvalue weighted by atomic mass is 9.95. The molecular formula is C15H23N3O2S. The fourth-order valence-corrected chi connectivity index (χ4v) is 3.40. The van der Waals surface area contributed by atoms with Crippen LogP contribution in [0.5, 0.6) is 0 Å². The van der Waals surface area contributed by atoms with Crippen LogP contribution < -0.4 is 5.32 Å². The van der Waals surface area contributed by atoms with Crippen molar-refractivity contribution in [1.29, 1.82) is 0 Å². The standard InChI is InChI=1S/C15H23N3O2S/c1-4-5-11-15(20)18(8-6-12-16-7-9-21-12)13(10(2)3)14(19)17-11/h7,9-11,13H,4-6,8H2,1-3H3,(H,17,19). The lowest BCUT2D eigenvalue weighted by Gasteiger charge is -2.40. The Morgan fingerprint density at radius 2 is 2.19 bits per heavy atom. The van der Waals surface area contributed by atoms with Crippen molar-refractivity contribution in [1.82, 2.24) is 15.2 Å². The van der Waals surface area contributed by atoms with Crippen LogP contribution in [-0.4, -0.2) is 40.3 Å². The summed E-state index contributed by atoms with van der Waals surface area (Å²) < 4.78 is 0. The van der Waals surface area contributed by atoms with E-state index >= 15 is 0 Å². The summed E-state index contributed by atoms with van der Waals surface area (Å²) in [6.07, 6.45) is 4.05. The van der Waals surface area contributed by atoms with E-state index in [1.807, 2.05) is 26.2 Å². The summed E-state index contributed by atoms with van der Waals surface area (Å²) >= 11 is 1.58. The van der Waals surface area contributed by atoms with Crippen molar-refractivity contribution in [2.75, 3.05) is 6.54 Å². The van der Waals surface area contributed by atoms with Gasteiger partial charge in [0, 0.05) is 24.5 Å². The Hall–Kier alpha value is -1.43. The maximum atomic E-state index is 12.6. The van der Waals surface area contributed by atoms with Crippen LogP contribution >= 0.6 is 11.3 Å². The molecular weight excluding hydrogens is 286 g/mol. The lowest BCUT2D eigenvalue weighted by molar-refractivity contribution is -0.151. The van der Waals surface area contributed by atoms with E-state index in [-0.39, 0.29) is 29.8 Å². The maximum absolute atomic E-state index is 12.6. The highest BCUT2D eigenvalue weighted by atomic mass is 32.1. The Labute approximate surface area is 129 Å². The molecule has 0 bridgehead atoms. The minimum absolute atomic E-state index is 0.0258. The third-order valence-electron chi connectivity index (χ3n) is 3.76. The number of carbonyl (C=O) groups excluding carboxylic acids is 2. The summed E-state index contributed by atoms with van der Waals surface area (Å²) in [5.41, 5.74) is 0. The minimum atomic E-state index is -0.370. The zero-order chi connectivity index (χ0) is 15.4. The third kappa shape index (κ3) is 3.61. The van der Waals surface area contributed by atoms with E-state index < -0.39 is 0 Å². The number of thiazole rings is 1. The first-order valence-corrected chi connectivity index (χ1v) is 8.41. The Kier molecular flexibility index (Phi) is 5.33. The number of carbonyl (C=O) groups is 2. The second kappa shape index (κ2) is 7.02. The fourth-order valence-electron chi connectivity index (χ4n) is 2.79. The average Bonchev–Trinajstić information content (AvgIpc) is 2.93. The molecule has 0 spiro atoms. The molecule has 1 aliphatic heterocycles. The van der Waals surface area contributed by atoms with Gasteiger partial charge in [-0.05, 0) is 12.3 Å². The summed E-state index contributed by atoms with van der Waals surface area (Å²) in [4.78, 5) is 31.0. The topological polar surface area (TPSA) is 62.3 Å². The lowest BCUT2D eigenvalue weighted by Crippen LogP contribution is -2.65. The smallest absolute Gasteiger partial charge is 0.245 e. The van der Waals surface area contributed by atoms with Gasteiger partial charge in [-0.25, -0.2) is 4.98 Å². The Morgan fingerprint density at radius 3 is 2.76 bits per heavy atom. The van der Waals surface area contributed by atoms with Crippen molar-refractivity contribution in [3.8, 4) is 0 Å². The van der Waals surface area contributed by atoms with Crippen LogP contribution in [0.4, 0.5) is 0 Å². The number of hydrogen-bond acceptors (Lipinski definition) is 4. The van der Waals surface area contributed by atoms with E-state index in [9.17, 15) is 9.59 Å². The molecule has 2 heterocycles. The highest BCUT2D eigenvalue weighted by Crippen LogP contribution is 2.20. The van der Waals surface area contributed by atoms with Gasteiger partial charge >= 0.3 is 0 Å². The van der Waals surface area contributed by atoms with Crippen molar-refractivity contribution in [2.45, 2.75) is 52.1 Å². The molecule has 1 aromatic heterocycles. The molecule has 0 aromatic carbocycles. The molecule has 1 aliphatic rings. The summed E-state index contributed by atoms with van der Waals surface area (Å²) in [7, 11) is 0. The van der Waals surface area contributed by atoms with Gasteiger partial charge in [0.2, 0.25) is 11.8 Å². The largest absolute Gasteiger partial charge is 0.342 e. The van der Waals surface area contributed by atoms with E-state index in [1.165, 1.54) is 0 Å². The highest BCUT2D eigenvalue weighted by Gasteiger charge is 2.41. The van der Waals surface area contributed by atoms with Gasteiger partial charge < -0.3 is 10.2 Å². The third-order valence-corrected chi connectivity index (χ3v) is 4.60. The van der Waals surface area contributed by atoms with Crippen LogP contribution in [0.25, 0.3) is 0 Å². The summed E-state index contributed by atoms with van der Waals surface area (Å²) in [6.45, 7) is 6.54. The summed E-state index contributed by atoms with van der Waals surface area (Å²) in [6, 6.07) is -0.737. The van der Waals surface area contributed by atoms with Crippen molar-refractivity contribution in [3.05, 3.63) is 16.6 Å². The van der Waals surface area contributed by atoms with Crippen LogP contribution in [0.3, 0.4) is 0 Å². The van der Waals surface area contributed by atoms with E-state index in [0.29, 0.717) is 19.4 Å². The van der Waals surface area contributed by atoms with Crippen LogP contribution in [-0.2, 0) is 16.0 Å². The fraction of sp³-hybridized carbons (Fsp3) is 0.667. The molecule has 0 saturated carbocycles. The van der Waals surface area contributed by atoms with Crippen LogP contribution in [0.1, 0.15) is 38.6 Å². The van der Waals surface area contributed by atoms with Gasteiger partial charge in [-0.15, -0.1) is 11.3 Å². The van der Waals surface area contributed by atoms with Crippen molar-refractivity contribution in [3.63, 3.8) is 0 Å². The molecule has 2 atom stereocenters. The van der Waals surface area contributed by atoms with Gasteiger partial charge in [0.05, 0.1) is 5.01 Å². The number of piperazine rings is 1. The monoisotopic (exact) mass is 309 g/mol. The Morgan fingerprint density at radius 1 is 1.43 bits per heavy atom. The highest BCUT2D eigenvalue weighted by molar-refractivity contribution is 7.09. The van der Waals surface area contributed by atoms with Gasteiger partial charge in [-0.2, -0.15) is 0 Å². The van der Waals surface area contributed by atoms with Gasteiger partial charge in [-0.1, -0.05) is 27.2 Å². The molecule has 2 amide bonds. The number of nitrogens with zero attached hydrogens (tertiary/aromatic N) is 2. The molecule has 1 aromatic rings. The van der Waals surface area contributed by atoms with E-state index in [0.717, 1.165) is 11.4 Å². The Bertz CT molecular complexity index is 487. The minimum Gasteiger partial charge on any atom is -0.342 e. The van der Waals surface area contributed by atoms with Gasteiger partial charge in [0.1, 0.15) is 12.1 Å². The van der Waals surface area contributed by atoms with Crippen molar-refractivity contribution >= 4 is 23.2 Å². The van der Waals surface area contributed by atoms with Crippen LogP contribution in [0, 0.1) is 5.92 Å². The van der Waals surface area contributed by atoms with Crippen LogP contribution in [0.2, 0.25) is 0 Å². The number of amides is 2. The molecule has 1 saturated heterocycles. The molecule has 2 unspecified atom stereocenters. The van der Waals surface area contributed by atoms with Gasteiger partial charge in [-0.3, -0.25) is 9.59 Å². The number of rotatable bonds is 6. The second-order valence-electron chi connectivity index (χ2n) is 5.75.